The van der Waals surface area contributed by atoms with Crippen molar-refractivity contribution in [3.63, 3.8) is 0 Å². The molecule has 5 nitrogen and oxygen atoms in total. The van der Waals surface area contributed by atoms with Crippen molar-refractivity contribution < 1.29 is 23.1 Å². The molecule has 156 valence electrons. The maximum absolute atomic E-state index is 13.2. The maximum atomic E-state index is 13.2. The third-order valence-electron chi connectivity index (χ3n) is 5.69. The zero-order chi connectivity index (χ0) is 20.1. The topological polar surface area (TPSA) is 55.8 Å². The van der Waals surface area contributed by atoms with E-state index in [1.807, 2.05) is 4.90 Å². The quantitative estimate of drug-likeness (QED) is 0.798. The first-order valence-corrected chi connectivity index (χ1v) is 9.99. The Balaban J connectivity index is 1.79. The number of halogens is 3. The molecule has 1 aliphatic heterocycles. The molecular weight excluding hydrogens is 371 g/mol. The van der Waals surface area contributed by atoms with Crippen LogP contribution in [0.4, 0.5) is 24.5 Å². The number of hydrogen-bond acceptors (Lipinski definition) is 4. The third kappa shape index (κ3) is 5.17. The van der Waals surface area contributed by atoms with E-state index >= 15 is 0 Å². The second-order valence-corrected chi connectivity index (χ2v) is 7.61. The van der Waals surface area contributed by atoms with E-state index in [4.69, 9.17) is 5.11 Å². The first kappa shape index (κ1) is 20.9. The molecular formula is C20H28F3N3O2. The van der Waals surface area contributed by atoms with Crippen LogP contribution in [0.15, 0.2) is 18.2 Å². The van der Waals surface area contributed by atoms with E-state index < -0.39 is 11.7 Å². The van der Waals surface area contributed by atoms with Gasteiger partial charge in [-0.3, -0.25) is 9.69 Å². The van der Waals surface area contributed by atoms with Gasteiger partial charge in [-0.05, 0) is 31.0 Å². The highest BCUT2D eigenvalue weighted by molar-refractivity contribution is 5.96. The van der Waals surface area contributed by atoms with Gasteiger partial charge in [-0.1, -0.05) is 19.3 Å². The standard InChI is InChI=1S/C20H28F3N3O2/c21-20(22,23)16-6-7-18(26-10-8-25(9-11-26)12-13-27)17(14-16)24-19(28)15-4-2-1-3-5-15/h6-7,14-15,27H,1-5,8-13H2,(H,24,28). The Morgan fingerprint density at radius 3 is 2.39 bits per heavy atom. The van der Waals surface area contributed by atoms with Crippen molar-refractivity contribution in [1.29, 1.82) is 0 Å². The fraction of sp³-hybridized carbons (Fsp3) is 0.650. The smallest absolute Gasteiger partial charge is 0.395 e. The van der Waals surface area contributed by atoms with Gasteiger partial charge in [0.1, 0.15) is 0 Å². The van der Waals surface area contributed by atoms with Gasteiger partial charge in [0.15, 0.2) is 0 Å². The van der Waals surface area contributed by atoms with Gasteiger partial charge >= 0.3 is 6.18 Å². The van der Waals surface area contributed by atoms with Crippen LogP contribution in [0.2, 0.25) is 0 Å². The lowest BCUT2D eigenvalue weighted by atomic mass is 9.88. The number of β-amino-alcohol motifs (C(OH)–C–C–N with tert-alkyl or cyclic N) is 1. The van der Waals surface area contributed by atoms with Gasteiger partial charge in [-0.25, -0.2) is 0 Å². The van der Waals surface area contributed by atoms with Gasteiger partial charge in [0, 0.05) is 38.6 Å². The molecule has 1 saturated heterocycles. The lowest BCUT2D eigenvalue weighted by Gasteiger charge is -2.37. The summed E-state index contributed by atoms with van der Waals surface area (Å²) in [4.78, 5) is 16.8. The normalized spacial score (nSPS) is 19.6. The summed E-state index contributed by atoms with van der Waals surface area (Å²) in [5, 5.41) is 11.9. The van der Waals surface area contributed by atoms with E-state index in [9.17, 15) is 18.0 Å². The fourth-order valence-corrected chi connectivity index (χ4v) is 4.04. The summed E-state index contributed by atoms with van der Waals surface area (Å²) in [5.74, 6) is -0.309. The van der Waals surface area contributed by atoms with Crippen LogP contribution >= 0.6 is 0 Å². The van der Waals surface area contributed by atoms with Crippen molar-refractivity contribution in [3.8, 4) is 0 Å². The molecule has 2 N–H and O–H groups in total. The van der Waals surface area contributed by atoms with Gasteiger partial charge in [0.2, 0.25) is 5.91 Å². The number of piperazine rings is 1. The molecule has 8 heteroatoms. The Labute approximate surface area is 163 Å². The van der Waals surface area contributed by atoms with Crippen molar-refractivity contribution in [2.75, 3.05) is 49.5 Å². The van der Waals surface area contributed by atoms with Gasteiger partial charge in [-0.15, -0.1) is 0 Å². The molecule has 2 fully saturated rings. The van der Waals surface area contributed by atoms with Crippen molar-refractivity contribution >= 4 is 17.3 Å². The summed E-state index contributed by atoms with van der Waals surface area (Å²) < 4.78 is 39.6. The van der Waals surface area contributed by atoms with Crippen molar-refractivity contribution in [2.24, 2.45) is 5.92 Å². The first-order valence-electron chi connectivity index (χ1n) is 9.99. The van der Waals surface area contributed by atoms with Gasteiger partial charge in [-0.2, -0.15) is 13.2 Å². The van der Waals surface area contributed by atoms with Gasteiger partial charge < -0.3 is 15.3 Å². The molecule has 0 unspecified atom stereocenters. The van der Waals surface area contributed by atoms with Gasteiger partial charge in [0.25, 0.3) is 0 Å². The number of alkyl halides is 3. The molecule has 0 spiro atoms. The molecule has 1 aromatic carbocycles. The minimum absolute atomic E-state index is 0.0863. The molecule has 1 saturated carbocycles. The van der Waals surface area contributed by atoms with Crippen LogP contribution < -0.4 is 10.2 Å². The molecule has 1 amide bonds. The minimum Gasteiger partial charge on any atom is -0.395 e. The van der Waals surface area contributed by atoms with Crippen molar-refractivity contribution in [2.45, 2.75) is 38.3 Å². The minimum atomic E-state index is -4.46. The van der Waals surface area contributed by atoms with E-state index in [-0.39, 0.29) is 24.1 Å². The fourth-order valence-electron chi connectivity index (χ4n) is 4.04. The highest BCUT2D eigenvalue weighted by atomic mass is 19.4. The number of rotatable bonds is 5. The van der Waals surface area contributed by atoms with Gasteiger partial charge in [0.05, 0.1) is 23.5 Å². The van der Waals surface area contributed by atoms with Crippen LogP contribution in [-0.2, 0) is 11.0 Å². The number of benzene rings is 1. The zero-order valence-corrected chi connectivity index (χ0v) is 16.0. The summed E-state index contributed by atoms with van der Waals surface area (Å²) in [6, 6.07) is 3.59. The lowest BCUT2D eigenvalue weighted by molar-refractivity contribution is -0.137. The number of aliphatic hydroxyl groups excluding tert-OH is 1. The highest BCUT2D eigenvalue weighted by Gasteiger charge is 2.32. The molecule has 0 radical (unpaired) electrons. The number of nitrogens with one attached hydrogen (secondary N) is 1. The van der Waals surface area contributed by atoms with Crippen LogP contribution in [0.5, 0.6) is 0 Å². The molecule has 2 aliphatic rings. The van der Waals surface area contributed by atoms with E-state index in [0.717, 1.165) is 57.3 Å². The third-order valence-corrected chi connectivity index (χ3v) is 5.69. The molecule has 0 bridgehead atoms. The molecule has 1 heterocycles. The predicted octanol–water partition coefficient (Wildman–Crippen LogP) is 3.34. The van der Waals surface area contributed by atoms with Crippen LogP contribution in [0, 0.1) is 5.92 Å². The average molecular weight is 399 g/mol. The summed E-state index contributed by atoms with van der Waals surface area (Å²) in [5.41, 5.74) is 0.107. The zero-order valence-electron chi connectivity index (χ0n) is 16.0. The number of nitrogens with zero attached hydrogens (tertiary/aromatic N) is 2. The summed E-state index contributed by atoms with van der Waals surface area (Å²) >= 11 is 0. The number of amides is 1. The maximum Gasteiger partial charge on any atom is 0.416 e. The number of anilines is 2. The summed E-state index contributed by atoms with van der Waals surface area (Å²) in [6.45, 7) is 3.39. The Bertz CT molecular complexity index is 667. The predicted molar refractivity (Wildman–Crippen MR) is 102 cm³/mol. The molecule has 0 aromatic heterocycles. The number of aliphatic hydroxyl groups is 1. The summed E-state index contributed by atoms with van der Waals surface area (Å²) in [6.07, 6.45) is 0.208. The van der Waals surface area contributed by atoms with E-state index in [0.29, 0.717) is 25.3 Å². The Hall–Kier alpha value is -1.80. The Morgan fingerprint density at radius 1 is 1.11 bits per heavy atom. The number of carbonyl (C=O) groups excluding carboxylic acids is 1. The van der Waals surface area contributed by atoms with E-state index in [2.05, 4.69) is 10.2 Å². The molecule has 0 atom stereocenters. The monoisotopic (exact) mass is 399 g/mol. The highest BCUT2D eigenvalue weighted by Crippen LogP contribution is 2.36. The lowest BCUT2D eigenvalue weighted by Crippen LogP contribution is -2.47. The SMILES string of the molecule is O=C(Nc1cc(C(F)(F)F)ccc1N1CCN(CCO)CC1)C1CCCCC1. The molecule has 28 heavy (non-hydrogen) atoms. The van der Waals surface area contributed by atoms with E-state index in [1.54, 1.807) is 0 Å². The molecule has 1 aromatic rings. The first-order chi connectivity index (χ1) is 13.4. The largest absolute Gasteiger partial charge is 0.416 e. The van der Waals surface area contributed by atoms with Crippen LogP contribution in [0.3, 0.4) is 0 Å². The number of carbonyl (C=O) groups is 1. The second kappa shape index (κ2) is 9.13. The average Bonchev–Trinajstić information content (AvgIpc) is 2.69. The van der Waals surface area contributed by atoms with Crippen LogP contribution in [0.1, 0.15) is 37.7 Å². The molecule has 1 aliphatic carbocycles. The van der Waals surface area contributed by atoms with Crippen molar-refractivity contribution in [1.82, 2.24) is 4.90 Å². The number of hydrogen-bond donors (Lipinski definition) is 2. The van der Waals surface area contributed by atoms with Crippen LogP contribution in [-0.4, -0.2) is 55.2 Å². The Morgan fingerprint density at radius 2 is 1.79 bits per heavy atom. The molecule has 3 rings (SSSR count). The van der Waals surface area contributed by atoms with Crippen LogP contribution in [0.25, 0.3) is 0 Å². The van der Waals surface area contributed by atoms with Crippen molar-refractivity contribution in [3.05, 3.63) is 23.8 Å². The summed E-state index contributed by atoms with van der Waals surface area (Å²) in [7, 11) is 0. The second-order valence-electron chi connectivity index (χ2n) is 7.61. The van der Waals surface area contributed by atoms with E-state index in [1.165, 1.54) is 6.07 Å². The Kier molecular flexibility index (Phi) is 6.82.